The molecule has 0 radical (unpaired) electrons. The smallest absolute Gasteiger partial charge is 0.138 e. The van der Waals surface area contributed by atoms with Crippen molar-refractivity contribution >= 4 is 39.0 Å². The average molecular weight is 352 g/mol. The summed E-state index contributed by atoms with van der Waals surface area (Å²) in [5.41, 5.74) is 2.28. The summed E-state index contributed by atoms with van der Waals surface area (Å²) in [5.74, 6) is 0.869. The lowest BCUT2D eigenvalue weighted by atomic mass is 10.1. The first-order valence-corrected chi connectivity index (χ1v) is 7.17. The minimum atomic E-state index is 0.198. The van der Waals surface area contributed by atoms with Gasteiger partial charge in [0.25, 0.3) is 0 Å². The molecule has 0 unspecified atom stereocenters. The molecule has 0 fully saturated rings. The Kier molecular flexibility index (Phi) is 4.58. The fraction of sp³-hybridized carbons (Fsp3) is 0.214. The van der Waals surface area contributed by atoms with Crippen LogP contribution in [0.5, 0.6) is 0 Å². The second-order valence-electron chi connectivity index (χ2n) is 4.51. The lowest BCUT2D eigenvalue weighted by molar-refractivity contribution is 0.850. The van der Waals surface area contributed by atoms with Gasteiger partial charge in [-0.15, -0.1) is 0 Å². The number of nitriles is 1. The van der Waals surface area contributed by atoms with E-state index in [0.29, 0.717) is 16.5 Å². The third kappa shape index (κ3) is 3.09. The molecule has 0 saturated carbocycles. The highest BCUT2D eigenvalue weighted by atomic mass is 79.9. The molecule has 2 rings (SSSR count). The third-order valence-corrected chi connectivity index (χ3v) is 3.72. The summed E-state index contributed by atoms with van der Waals surface area (Å²) < 4.78 is 0.793. The van der Waals surface area contributed by atoms with Gasteiger partial charge in [0.1, 0.15) is 17.3 Å². The van der Waals surface area contributed by atoms with Gasteiger partial charge in [0.2, 0.25) is 0 Å². The van der Waals surface area contributed by atoms with E-state index in [-0.39, 0.29) is 5.92 Å². The zero-order valence-electron chi connectivity index (χ0n) is 11.0. The highest BCUT2D eigenvalue weighted by Crippen LogP contribution is 2.32. The molecule has 1 heterocycles. The van der Waals surface area contributed by atoms with Crippen LogP contribution in [0.4, 0.5) is 11.5 Å². The van der Waals surface area contributed by atoms with Crippen molar-refractivity contribution in [2.75, 3.05) is 5.32 Å². The molecule has 0 spiro atoms. The number of nitrogens with zero attached hydrogens (tertiary/aromatic N) is 3. The molecule has 0 bridgehead atoms. The maximum Gasteiger partial charge on any atom is 0.138 e. The summed E-state index contributed by atoms with van der Waals surface area (Å²) >= 11 is 9.57. The Labute approximate surface area is 131 Å². The Morgan fingerprint density at radius 3 is 2.70 bits per heavy atom. The molecule has 1 aromatic carbocycles. The predicted molar refractivity (Wildman–Crippen MR) is 83.3 cm³/mol. The summed E-state index contributed by atoms with van der Waals surface area (Å²) in [6.07, 6.45) is 1.42. The summed E-state index contributed by atoms with van der Waals surface area (Å²) in [4.78, 5) is 8.26. The first-order chi connectivity index (χ1) is 9.52. The fourth-order valence-electron chi connectivity index (χ4n) is 1.80. The lowest BCUT2D eigenvalue weighted by Crippen LogP contribution is -2.03. The van der Waals surface area contributed by atoms with Crippen molar-refractivity contribution in [2.45, 2.75) is 19.8 Å². The van der Waals surface area contributed by atoms with Crippen LogP contribution in [0.2, 0.25) is 5.15 Å². The Balaban J connectivity index is 2.41. The molecule has 102 valence electrons. The van der Waals surface area contributed by atoms with Crippen molar-refractivity contribution in [3.05, 3.63) is 45.3 Å². The standard InChI is InChI=1S/C14H12BrClN4/c1-8(2)12-13(16)18-7-19-14(12)20-11-4-3-9(6-17)5-10(11)15/h3-5,7-8H,1-2H3,(H,18,19,20). The number of nitrogens with one attached hydrogen (secondary N) is 1. The van der Waals surface area contributed by atoms with Crippen LogP contribution in [-0.4, -0.2) is 9.97 Å². The number of halogens is 2. The van der Waals surface area contributed by atoms with Crippen molar-refractivity contribution in [3.8, 4) is 6.07 Å². The van der Waals surface area contributed by atoms with Gasteiger partial charge in [-0.25, -0.2) is 9.97 Å². The van der Waals surface area contributed by atoms with Crippen molar-refractivity contribution in [1.29, 1.82) is 5.26 Å². The van der Waals surface area contributed by atoms with Gasteiger partial charge in [-0.1, -0.05) is 25.4 Å². The fourth-order valence-corrected chi connectivity index (χ4v) is 2.63. The first-order valence-electron chi connectivity index (χ1n) is 6.00. The van der Waals surface area contributed by atoms with Gasteiger partial charge in [0.05, 0.1) is 17.3 Å². The van der Waals surface area contributed by atoms with E-state index in [0.717, 1.165) is 15.7 Å². The Morgan fingerprint density at radius 2 is 2.10 bits per heavy atom. The molecule has 1 aromatic heterocycles. The number of anilines is 2. The quantitative estimate of drug-likeness (QED) is 0.819. The van der Waals surface area contributed by atoms with Crippen LogP contribution in [0, 0.1) is 11.3 Å². The summed E-state index contributed by atoms with van der Waals surface area (Å²) in [5, 5.41) is 12.5. The summed E-state index contributed by atoms with van der Waals surface area (Å²) in [6.45, 7) is 4.06. The van der Waals surface area contributed by atoms with Crippen molar-refractivity contribution in [1.82, 2.24) is 9.97 Å². The Bertz CT molecular complexity index is 679. The minimum Gasteiger partial charge on any atom is -0.339 e. The Morgan fingerprint density at radius 1 is 1.35 bits per heavy atom. The van der Waals surface area contributed by atoms with E-state index in [4.69, 9.17) is 16.9 Å². The highest BCUT2D eigenvalue weighted by molar-refractivity contribution is 9.10. The zero-order chi connectivity index (χ0) is 14.7. The van der Waals surface area contributed by atoms with Gasteiger partial charge >= 0.3 is 0 Å². The number of benzene rings is 1. The van der Waals surface area contributed by atoms with Crippen LogP contribution < -0.4 is 5.32 Å². The van der Waals surface area contributed by atoms with Crippen LogP contribution in [0.15, 0.2) is 29.0 Å². The van der Waals surface area contributed by atoms with Gasteiger partial charge in [0.15, 0.2) is 0 Å². The molecule has 0 aliphatic heterocycles. The SMILES string of the molecule is CC(C)c1c(Cl)ncnc1Nc1ccc(C#N)cc1Br. The van der Waals surface area contributed by atoms with E-state index >= 15 is 0 Å². The molecule has 0 amide bonds. The predicted octanol–water partition coefficient (Wildman–Crippen LogP) is 4.63. The van der Waals surface area contributed by atoms with Gasteiger partial charge in [-0.2, -0.15) is 5.26 Å². The van der Waals surface area contributed by atoms with Crippen molar-refractivity contribution in [3.63, 3.8) is 0 Å². The third-order valence-electron chi connectivity index (χ3n) is 2.76. The van der Waals surface area contributed by atoms with E-state index < -0.39 is 0 Å². The Hall–Kier alpha value is -1.64. The molecule has 2 aromatic rings. The number of hydrogen-bond acceptors (Lipinski definition) is 4. The van der Waals surface area contributed by atoms with Crippen molar-refractivity contribution < 1.29 is 0 Å². The summed E-state index contributed by atoms with van der Waals surface area (Å²) in [6, 6.07) is 7.41. The van der Waals surface area contributed by atoms with Gasteiger partial charge in [0, 0.05) is 10.0 Å². The van der Waals surface area contributed by atoms with Crippen molar-refractivity contribution in [2.24, 2.45) is 0 Å². The first kappa shape index (κ1) is 14.8. The molecule has 4 nitrogen and oxygen atoms in total. The van der Waals surface area contributed by atoms with Crippen LogP contribution in [0.25, 0.3) is 0 Å². The minimum absolute atomic E-state index is 0.198. The second kappa shape index (κ2) is 6.21. The molecule has 6 heteroatoms. The van der Waals surface area contributed by atoms with E-state index in [1.54, 1.807) is 12.1 Å². The van der Waals surface area contributed by atoms with Gasteiger partial charge in [-0.05, 0) is 40.0 Å². The van der Waals surface area contributed by atoms with E-state index in [9.17, 15) is 0 Å². The molecule has 0 aliphatic carbocycles. The maximum absolute atomic E-state index is 8.87. The normalized spacial score (nSPS) is 10.4. The molecular weight excluding hydrogens is 340 g/mol. The molecular formula is C14H12BrClN4. The molecule has 1 N–H and O–H groups in total. The van der Waals surface area contributed by atoms with E-state index in [2.05, 4.69) is 37.3 Å². The van der Waals surface area contributed by atoms with Crippen LogP contribution in [0.3, 0.4) is 0 Å². The second-order valence-corrected chi connectivity index (χ2v) is 5.73. The molecule has 0 atom stereocenters. The number of rotatable bonds is 3. The number of aromatic nitrogens is 2. The maximum atomic E-state index is 8.87. The average Bonchev–Trinajstić information content (AvgIpc) is 2.40. The molecule has 0 aliphatic rings. The van der Waals surface area contributed by atoms with Gasteiger partial charge < -0.3 is 5.32 Å². The van der Waals surface area contributed by atoms with E-state index in [1.165, 1.54) is 6.33 Å². The van der Waals surface area contributed by atoms with Crippen LogP contribution in [-0.2, 0) is 0 Å². The van der Waals surface area contributed by atoms with E-state index in [1.807, 2.05) is 19.9 Å². The largest absolute Gasteiger partial charge is 0.339 e. The topological polar surface area (TPSA) is 61.6 Å². The molecule has 0 saturated heterocycles. The molecule has 20 heavy (non-hydrogen) atoms. The number of hydrogen-bond donors (Lipinski definition) is 1. The van der Waals surface area contributed by atoms with Crippen LogP contribution >= 0.6 is 27.5 Å². The zero-order valence-corrected chi connectivity index (χ0v) is 13.3. The lowest BCUT2D eigenvalue weighted by Gasteiger charge is -2.15. The van der Waals surface area contributed by atoms with Crippen LogP contribution in [0.1, 0.15) is 30.9 Å². The van der Waals surface area contributed by atoms with Gasteiger partial charge in [-0.3, -0.25) is 0 Å². The highest BCUT2D eigenvalue weighted by Gasteiger charge is 2.14. The monoisotopic (exact) mass is 350 g/mol. The summed E-state index contributed by atoms with van der Waals surface area (Å²) in [7, 11) is 0.